The van der Waals surface area contributed by atoms with Crippen molar-refractivity contribution in [2.75, 3.05) is 13.2 Å². The molecule has 1 aromatic rings. The van der Waals surface area contributed by atoms with Gasteiger partial charge in [-0.25, -0.2) is 4.79 Å². The van der Waals surface area contributed by atoms with Crippen LogP contribution in [-0.2, 0) is 4.79 Å². The molecule has 0 radical (unpaired) electrons. The number of amides is 3. The molecule has 3 atom stereocenters. The summed E-state index contributed by atoms with van der Waals surface area (Å²) in [7, 11) is 0. The zero-order valence-electron chi connectivity index (χ0n) is 18.5. The third kappa shape index (κ3) is 4.27. The quantitative estimate of drug-likeness (QED) is 0.739. The molecule has 0 bridgehead atoms. The SMILES string of the molecule is Cc1ccc(C)c(OC[C@H](O)CN2C(=O)N[C@]3(C[C@@H](C)CC(C)(C)C3)C2=O)c1C. The van der Waals surface area contributed by atoms with Gasteiger partial charge in [-0.15, -0.1) is 0 Å². The Hall–Kier alpha value is -2.08. The highest BCUT2D eigenvalue weighted by atomic mass is 16.5. The molecule has 0 aromatic heterocycles. The van der Waals surface area contributed by atoms with Crippen molar-refractivity contribution in [1.29, 1.82) is 0 Å². The lowest BCUT2D eigenvalue weighted by Crippen LogP contribution is -2.54. The van der Waals surface area contributed by atoms with Crippen molar-refractivity contribution in [2.24, 2.45) is 11.3 Å². The number of β-amino-alcohol motifs (C(OH)–C–C–N with tert-alkyl or cyclic N) is 1. The molecule has 2 aliphatic rings. The molecule has 0 unspecified atom stereocenters. The number of nitrogens with one attached hydrogen (secondary N) is 1. The predicted octanol–water partition coefficient (Wildman–Crippen LogP) is 3.49. The van der Waals surface area contributed by atoms with E-state index >= 15 is 0 Å². The zero-order chi connectivity index (χ0) is 21.6. The lowest BCUT2D eigenvalue weighted by atomic mass is 9.64. The topological polar surface area (TPSA) is 78.9 Å². The van der Waals surface area contributed by atoms with Crippen molar-refractivity contribution in [2.45, 2.75) is 72.4 Å². The molecule has 160 valence electrons. The average molecular weight is 403 g/mol. The Morgan fingerprint density at radius 1 is 1.21 bits per heavy atom. The van der Waals surface area contributed by atoms with Crippen molar-refractivity contribution in [1.82, 2.24) is 10.2 Å². The maximum atomic E-state index is 13.2. The van der Waals surface area contributed by atoms with Crippen LogP contribution in [0.4, 0.5) is 4.79 Å². The van der Waals surface area contributed by atoms with E-state index in [4.69, 9.17) is 4.74 Å². The molecule has 1 saturated heterocycles. The minimum Gasteiger partial charge on any atom is -0.490 e. The van der Waals surface area contributed by atoms with E-state index in [1.807, 2.05) is 32.9 Å². The number of hydrogen-bond acceptors (Lipinski definition) is 4. The van der Waals surface area contributed by atoms with E-state index in [2.05, 4.69) is 26.1 Å². The summed E-state index contributed by atoms with van der Waals surface area (Å²) in [6.45, 7) is 12.3. The fourth-order valence-electron chi connectivity index (χ4n) is 5.26. The van der Waals surface area contributed by atoms with Crippen LogP contribution >= 0.6 is 0 Å². The van der Waals surface area contributed by atoms with E-state index in [0.717, 1.165) is 33.8 Å². The van der Waals surface area contributed by atoms with Gasteiger partial charge in [0.1, 0.15) is 24.0 Å². The van der Waals surface area contributed by atoms with Crippen LogP contribution in [0.15, 0.2) is 12.1 Å². The second-order valence-corrected chi connectivity index (χ2v) is 9.90. The Balaban J connectivity index is 1.67. The number of carbonyl (C=O) groups is 2. The summed E-state index contributed by atoms with van der Waals surface area (Å²) >= 11 is 0. The van der Waals surface area contributed by atoms with E-state index in [9.17, 15) is 14.7 Å². The molecule has 1 heterocycles. The monoisotopic (exact) mass is 402 g/mol. The van der Waals surface area contributed by atoms with Gasteiger partial charge in [-0.3, -0.25) is 9.69 Å². The number of ether oxygens (including phenoxy) is 1. The summed E-state index contributed by atoms with van der Waals surface area (Å²) in [6, 6.07) is 3.60. The summed E-state index contributed by atoms with van der Waals surface area (Å²) in [5.41, 5.74) is 2.28. The van der Waals surface area contributed by atoms with Gasteiger partial charge in [0.15, 0.2) is 0 Å². The molecule has 3 rings (SSSR count). The second kappa shape index (κ2) is 7.63. The van der Waals surface area contributed by atoms with Crippen LogP contribution in [0.25, 0.3) is 0 Å². The third-order valence-electron chi connectivity index (χ3n) is 6.31. The Bertz CT molecular complexity index is 819. The fraction of sp³-hybridized carbons (Fsp3) is 0.652. The molecule has 1 aliphatic heterocycles. The Kier molecular flexibility index (Phi) is 5.69. The molecule has 6 heteroatoms. The van der Waals surface area contributed by atoms with Gasteiger partial charge >= 0.3 is 6.03 Å². The number of hydrogen-bond donors (Lipinski definition) is 2. The Morgan fingerprint density at radius 2 is 1.86 bits per heavy atom. The normalized spacial score (nSPS) is 27.3. The second-order valence-electron chi connectivity index (χ2n) is 9.90. The minimum atomic E-state index is -0.951. The van der Waals surface area contributed by atoms with Gasteiger partial charge in [-0.1, -0.05) is 32.9 Å². The van der Waals surface area contributed by atoms with E-state index in [0.29, 0.717) is 18.8 Å². The lowest BCUT2D eigenvalue weighted by Gasteiger charge is -2.43. The zero-order valence-corrected chi connectivity index (χ0v) is 18.5. The summed E-state index contributed by atoms with van der Waals surface area (Å²) in [5.74, 6) is 0.883. The van der Waals surface area contributed by atoms with Gasteiger partial charge in [-0.05, 0) is 68.1 Å². The van der Waals surface area contributed by atoms with Gasteiger partial charge in [0, 0.05) is 0 Å². The van der Waals surface area contributed by atoms with Crippen LogP contribution in [0.3, 0.4) is 0 Å². The molecule has 1 saturated carbocycles. The van der Waals surface area contributed by atoms with Gasteiger partial charge < -0.3 is 15.2 Å². The first-order valence-corrected chi connectivity index (χ1v) is 10.5. The van der Waals surface area contributed by atoms with Crippen LogP contribution in [0.5, 0.6) is 5.75 Å². The van der Waals surface area contributed by atoms with E-state index in [1.165, 1.54) is 0 Å². The number of aryl methyl sites for hydroxylation is 2. The first-order chi connectivity index (χ1) is 13.4. The van der Waals surface area contributed by atoms with Crippen molar-refractivity contribution in [3.05, 3.63) is 28.8 Å². The van der Waals surface area contributed by atoms with Crippen LogP contribution in [0.2, 0.25) is 0 Å². The molecule has 1 spiro atoms. The maximum absolute atomic E-state index is 13.2. The lowest BCUT2D eigenvalue weighted by molar-refractivity contribution is -0.135. The van der Waals surface area contributed by atoms with Crippen molar-refractivity contribution < 1.29 is 19.4 Å². The standard InChI is InChI=1S/C23H34N2O4/c1-14-9-22(5,6)13-23(10-14)20(27)25(21(28)24-23)11-18(26)12-29-19-16(3)8-7-15(2)17(19)4/h7-8,14,18,26H,9-13H2,1-6H3,(H,24,28)/t14-,18+,23-/m0/s1. The van der Waals surface area contributed by atoms with Crippen molar-refractivity contribution in [3.63, 3.8) is 0 Å². The number of carbonyl (C=O) groups excluding carboxylic acids is 2. The summed E-state index contributed by atoms with van der Waals surface area (Å²) in [5, 5.41) is 13.4. The minimum absolute atomic E-state index is 0.0153. The number of imide groups is 1. The number of aliphatic hydroxyl groups is 1. The van der Waals surface area contributed by atoms with Gasteiger partial charge in [0.05, 0.1) is 6.54 Å². The highest BCUT2D eigenvalue weighted by Gasteiger charge is 2.56. The van der Waals surface area contributed by atoms with Crippen molar-refractivity contribution >= 4 is 11.9 Å². The molecule has 3 amide bonds. The van der Waals surface area contributed by atoms with E-state index < -0.39 is 17.7 Å². The van der Waals surface area contributed by atoms with Crippen LogP contribution in [0.1, 0.15) is 56.7 Å². The smallest absolute Gasteiger partial charge is 0.325 e. The number of urea groups is 1. The van der Waals surface area contributed by atoms with Crippen LogP contribution in [0, 0.1) is 32.1 Å². The third-order valence-corrected chi connectivity index (χ3v) is 6.31. The highest BCUT2D eigenvalue weighted by molar-refractivity contribution is 6.07. The van der Waals surface area contributed by atoms with E-state index in [1.54, 1.807) is 0 Å². The molecule has 2 N–H and O–H groups in total. The Morgan fingerprint density at radius 3 is 2.52 bits per heavy atom. The van der Waals surface area contributed by atoms with E-state index in [-0.39, 0.29) is 24.5 Å². The first kappa shape index (κ1) is 21.6. The largest absolute Gasteiger partial charge is 0.490 e. The predicted molar refractivity (Wildman–Crippen MR) is 112 cm³/mol. The number of aliphatic hydroxyl groups excluding tert-OH is 1. The molecular formula is C23H34N2O4. The van der Waals surface area contributed by atoms with Crippen molar-refractivity contribution in [3.8, 4) is 5.75 Å². The number of rotatable bonds is 5. The number of benzene rings is 1. The Labute approximate surface area is 173 Å². The summed E-state index contributed by atoms with van der Waals surface area (Å²) in [4.78, 5) is 26.9. The highest BCUT2D eigenvalue weighted by Crippen LogP contribution is 2.46. The molecule has 6 nitrogen and oxygen atoms in total. The van der Waals surface area contributed by atoms with Crippen LogP contribution < -0.4 is 10.1 Å². The first-order valence-electron chi connectivity index (χ1n) is 10.5. The molecule has 1 aromatic carbocycles. The molecule has 29 heavy (non-hydrogen) atoms. The summed E-state index contributed by atoms with van der Waals surface area (Å²) in [6.07, 6.45) is 1.35. The fourth-order valence-corrected chi connectivity index (χ4v) is 5.26. The maximum Gasteiger partial charge on any atom is 0.325 e. The van der Waals surface area contributed by atoms with Gasteiger partial charge in [-0.2, -0.15) is 0 Å². The molecular weight excluding hydrogens is 368 g/mol. The van der Waals surface area contributed by atoms with Gasteiger partial charge in [0.2, 0.25) is 0 Å². The average Bonchev–Trinajstić information content (AvgIpc) is 2.80. The van der Waals surface area contributed by atoms with Gasteiger partial charge in [0.25, 0.3) is 5.91 Å². The molecule has 1 aliphatic carbocycles. The summed E-state index contributed by atoms with van der Waals surface area (Å²) < 4.78 is 5.86. The molecule has 2 fully saturated rings. The van der Waals surface area contributed by atoms with Crippen LogP contribution in [-0.4, -0.2) is 46.7 Å². The number of nitrogens with zero attached hydrogens (tertiary/aromatic N) is 1.